The summed E-state index contributed by atoms with van der Waals surface area (Å²) in [7, 11) is 0. The van der Waals surface area contributed by atoms with Crippen LogP contribution in [0.2, 0.25) is 0 Å². The fourth-order valence-electron chi connectivity index (χ4n) is 0.935. The third-order valence-electron chi connectivity index (χ3n) is 1.55. The quantitative estimate of drug-likeness (QED) is 0.462. The van der Waals surface area contributed by atoms with E-state index in [1.807, 2.05) is 0 Å². The molecular formula is C8H9ClNO4PS. The van der Waals surface area contributed by atoms with Crippen LogP contribution in [-0.2, 0) is 4.57 Å². The van der Waals surface area contributed by atoms with Gasteiger partial charge in [-0.15, -0.1) is 0 Å². The van der Waals surface area contributed by atoms with E-state index in [2.05, 4.69) is 0 Å². The first-order chi connectivity index (χ1) is 7.44. The molecule has 0 bridgehead atoms. The Hall–Kier alpha value is -0.710. The van der Waals surface area contributed by atoms with Crippen molar-refractivity contribution < 1.29 is 14.0 Å². The maximum Gasteiger partial charge on any atom is 0.393 e. The van der Waals surface area contributed by atoms with Gasteiger partial charge < -0.3 is 4.52 Å². The Kier molecular flexibility index (Phi) is 4.65. The molecule has 0 N–H and O–H groups in total. The van der Waals surface area contributed by atoms with Gasteiger partial charge >= 0.3 is 5.92 Å². The van der Waals surface area contributed by atoms with Crippen molar-refractivity contribution in [2.75, 3.05) is 5.75 Å². The highest BCUT2D eigenvalue weighted by Crippen LogP contribution is 2.63. The van der Waals surface area contributed by atoms with Crippen molar-refractivity contribution in [1.82, 2.24) is 0 Å². The second kappa shape index (κ2) is 5.57. The molecule has 0 amide bonds. The molecule has 1 aromatic rings. The molecule has 0 aliphatic heterocycles. The number of benzene rings is 1. The molecular weight excluding hydrogens is 273 g/mol. The van der Waals surface area contributed by atoms with E-state index in [-0.39, 0.29) is 11.4 Å². The highest BCUT2D eigenvalue weighted by molar-refractivity contribution is 8.63. The average molecular weight is 282 g/mol. The number of halogens is 1. The van der Waals surface area contributed by atoms with Crippen LogP contribution >= 0.6 is 28.5 Å². The first-order valence-corrected chi connectivity index (χ1v) is 8.45. The monoisotopic (exact) mass is 281 g/mol. The van der Waals surface area contributed by atoms with E-state index in [0.29, 0.717) is 5.75 Å². The summed E-state index contributed by atoms with van der Waals surface area (Å²) in [5, 5.41) is 10.4. The number of hydrogen-bond acceptors (Lipinski definition) is 5. The number of nitro groups is 1. The number of nitro benzene ring substituents is 1. The van der Waals surface area contributed by atoms with Crippen molar-refractivity contribution in [3.63, 3.8) is 0 Å². The zero-order chi connectivity index (χ0) is 12.2. The van der Waals surface area contributed by atoms with Crippen LogP contribution in [0.25, 0.3) is 0 Å². The molecule has 1 aromatic carbocycles. The fraction of sp³-hybridized carbons (Fsp3) is 0.250. The van der Waals surface area contributed by atoms with Crippen LogP contribution in [0, 0.1) is 10.1 Å². The zero-order valence-electron chi connectivity index (χ0n) is 8.33. The van der Waals surface area contributed by atoms with Crippen molar-refractivity contribution in [3.05, 3.63) is 34.4 Å². The van der Waals surface area contributed by atoms with Crippen molar-refractivity contribution in [1.29, 1.82) is 0 Å². The van der Waals surface area contributed by atoms with E-state index in [1.165, 1.54) is 24.3 Å². The van der Waals surface area contributed by atoms with Gasteiger partial charge in [0, 0.05) is 17.9 Å². The number of nitrogens with zero attached hydrogens (tertiary/aromatic N) is 1. The van der Waals surface area contributed by atoms with Gasteiger partial charge in [-0.05, 0) is 34.8 Å². The van der Waals surface area contributed by atoms with Crippen LogP contribution in [0.15, 0.2) is 24.3 Å². The standard InChI is InChI=1S/C8H9ClNO4PS/c1-2-16-15(9,13)14-8-5-3-7(4-6-8)10(11)12/h3-6H,2H2,1H3. The second-order valence-electron chi connectivity index (χ2n) is 2.69. The summed E-state index contributed by atoms with van der Waals surface area (Å²) in [6.07, 6.45) is 0. The molecule has 0 saturated heterocycles. The molecule has 0 heterocycles. The summed E-state index contributed by atoms with van der Waals surface area (Å²) in [4.78, 5) is 9.86. The predicted molar refractivity (Wildman–Crippen MR) is 65.3 cm³/mol. The fourth-order valence-corrected chi connectivity index (χ4v) is 4.13. The van der Waals surface area contributed by atoms with Gasteiger partial charge in [0.05, 0.1) is 4.92 Å². The van der Waals surface area contributed by atoms with Crippen LogP contribution in [0.4, 0.5) is 5.69 Å². The molecule has 1 rings (SSSR count). The van der Waals surface area contributed by atoms with Crippen LogP contribution in [0.1, 0.15) is 6.92 Å². The van der Waals surface area contributed by atoms with Gasteiger partial charge in [0.25, 0.3) is 5.69 Å². The topological polar surface area (TPSA) is 69.4 Å². The molecule has 1 atom stereocenters. The first-order valence-electron chi connectivity index (χ1n) is 4.33. The summed E-state index contributed by atoms with van der Waals surface area (Å²) in [5.74, 6) is -2.42. The van der Waals surface area contributed by atoms with Gasteiger partial charge in [-0.25, -0.2) is 4.57 Å². The maximum atomic E-state index is 11.6. The Morgan fingerprint density at radius 3 is 2.50 bits per heavy atom. The lowest BCUT2D eigenvalue weighted by atomic mass is 10.3. The zero-order valence-corrected chi connectivity index (χ0v) is 10.8. The van der Waals surface area contributed by atoms with Crippen molar-refractivity contribution >= 4 is 34.2 Å². The Labute approximate surface area is 101 Å². The minimum atomic E-state index is -3.23. The normalized spacial score (nSPS) is 14.1. The van der Waals surface area contributed by atoms with E-state index in [1.54, 1.807) is 6.92 Å². The molecule has 0 spiro atoms. The lowest BCUT2D eigenvalue weighted by Crippen LogP contribution is -1.88. The minimum absolute atomic E-state index is 0.0556. The maximum absolute atomic E-state index is 11.6. The predicted octanol–water partition coefficient (Wildman–Crippen LogP) is 4.07. The Balaban J connectivity index is 2.76. The largest absolute Gasteiger partial charge is 0.426 e. The van der Waals surface area contributed by atoms with Crippen LogP contribution in [-0.4, -0.2) is 10.7 Å². The Bertz CT molecular complexity index is 425. The van der Waals surface area contributed by atoms with Crippen LogP contribution in [0.3, 0.4) is 0 Å². The smallest absolute Gasteiger partial charge is 0.393 e. The summed E-state index contributed by atoms with van der Waals surface area (Å²) >= 11 is 6.64. The van der Waals surface area contributed by atoms with E-state index in [4.69, 9.17) is 15.8 Å². The summed E-state index contributed by atoms with van der Waals surface area (Å²) in [6.45, 7) is 1.80. The molecule has 5 nitrogen and oxygen atoms in total. The molecule has 0 aliphatic carbocycles. The third kappa shape index (κ3) is 4.04. The van der Waals surface area contributed by atoms with Crippen LogP contribution < -0.4 is 4.52 Å². The van der Waals surface area contributed by atoms with E-state index in [9.17, 15) is 14.7 Å². The molecule has 8 heteroatoms. The second-order valence-corrected chi connectivity index (χ2v) is 8.72. The minimum Gasteiger partial charge on any atom is -0.426 e. The van der Waals surface area contributed by atoms with Crippen molar-refractivity contribution in [3.8, 4) is 5.75 Å². The Morgan fingerprint density at radius 1 is 1.50 bits per heavy atom. The highest BCUT2D eigenvalue weighted by Gasteiger charge is 2.21. The summed E-state index contributed by atoms with van der Waals surface area (Å²) < 4.78 is 16.6. The van der Waals surface area contributed by atoms with Gasteiger partial charge in [-0.2, -0.15) is 0 Å². The van der Waals surface area contributed by atoms with Gasteiger partial charge in [-0.1, -0.05) is 6.92 Å². The number of non-ortho nitro benzene ring substituents is 1. The van der Waals surface area contributed by atoms with Gasteiger partial charge in [-0.3, -0.25) is 10.1 Å². The molecule has 0 aromatic heterocycles. The van der Waals surface area contributed by atoms with E-state index >= 15 is 0 Å². The molecule has 88 valence electrons. The molecule has 0 aliphatic rings. The van der Waals surface area contributed by atoms with Gasteiger partial charge in [0.1, 0.15) is 5.75 Å². The molecule has 0 fully saturated rings. The van der Waals surface area contributed by atoms with Gasteiger partial charge in [0.15, 0.2) is 0 Å². The average Bonchev–Trinajstić information content (AvgIpc) is 2.17. The number of hydrogen-bond donors (Lipinski definition) is 0. The molecule has 16 heavy (non-hydrogen) atoms. The van der Waals surface area contributed by atoms with Gasteiger partial charge in [0.2, 0.25) is 0 Å². The van der Waals surface area contributed by atoms with Crippen molar-refractivity contribution in [2.45, 2.75) is 6.92 Å². The third-order valence-corrected chi connectivity index (χ3v) is 5.55. The molecule has 1 unspecified atom stereocenters. The first kappa shape index (κ1) is 13.4. The highest BCUT2D eigenvalue weighted by atomic mass is 35.7. The van der Waals surface area contributed by atoms with Crippen molar-refractivity contribution in [2.24, 2.45) is 0 Å². The lowest BCUT2D eigenvalue weighted by molar-refractivity contribution is -0.384. The lowest BCUT2D eigenvalue weighted by Gasteiger charge is -2.10. The summed E-state index contributed by atoms with van der Waals surface area (Å²) in [5.41, 5.74) is -0.0556. The Morgan fingerprint density at radius 2 is 2.06 bits per heavy atom. The molecule has 0 radical (unpaired) electrons. The van der Waals surface area contributed by atoms with E-state index in [0.717, 1.165) is 11.4 Å². The SMILES string of the molecule is CCSP(=O)(Cl)Oc1ccc([N+](=O)[O-])cc1. The van der Waals surface area contributed by atoms with E-state index < -0.39 is 10.8 Å². The molecule has 0 saturated carbocycles. The van der Waals surface area contributed by atoms with Crippen LogP contribution in [0.5, 0.6) is 5.75 Å². The summed E-state index contributed by atoms with van der Waals surface area (Å²) in [6, 6.07) is 5.26. The number of rotatable bonds is 5.